The van der Waals surface area contributed by atoms with Crippen LogP contribution in [0.25, 0.3) is 0 Å². The van der Waals surface area contributed by atoms with Gasteiger partial charge in [0.15, 0.2) is 5.38 Å². The first-order valence-electron chi connectivity index (χ1n) is 4.11. The molecule has 0 N–H and O–H groups in total. The summed E-state index contributed by atoms with van der Waals surface area (Å²) in [5.74, 6) is -0.393. The molecule has 0 aliphatic rings. The SMILES string of the molecule is CCOC(=O)[C@@H](Cl)c1ccccc1. The minimum Gasteiger partial charge on any atom is -0.465 e. The third kappa shape index (κ3) is 2.74. The van der Waals surface area contributed by atoms with E-state index in [1.54, 1.807) is 19.1 Å². The Morgan fingerprint density at radius 1 is 1.46 bits per heavy atom. The Morgan fingerprint density at radius 2 is 2.08 bits per heavy atom. The number of benzene rings is 1. The molecule has 13 heavy (non-hydrogen) atoms. The first kappa shape index (κ1) is 10.1. The lowest BCUT2D eigenvalue weighted by molar-refractivity contribution is -0.142. The standard InChI is InChI=1S/C10H11ClO2/c1-2-13-10(12)9(11)8-6-4-3-5-7-8/h3-7,9H,2H2,1H3/t9-/m0/s1. The van der Waals surface area contributed by atoms with Crippen molar-refractivity contribution < 1.29 is 9.53 Å². The van der Waals surface area contributed by atoms with Gasteiger partial charge in [-0.2, -0.15) is 0 Å². The summed E-state index contributed by atoms with van der Waals surface area (Å²) in [5, 5.41) is -0.693. The second-order valence-corrected chi connectivity index (χ2v) is 2.96. The van der Waals surface area contributed by atoms with Crippen molar-refractivity contribution in [1.82, 2.24) is 0 Å². The fourth-order valence-electron chi connectivity index (χ4n) is 0.974. The fourth-order valence-corrected chi connectivity index (χ4v) is 1.18. The summed E-state index contributed by atoms with van der Waals surface area (Å²) in [6, 6.07) is 9.15. The molecule has 1 atom stereocenters. The number of alkyl halides is 1. The molecule has 0 unspecified atom stereocenters. The molecule has 2 nitrogen and oxygen atoms in total. The number of esters is 1. The van der Waals surface area contributed by atoms with Gasteiger partial charge in [0.2, 0.25) is 0 Å². The van der Waals surface area contributed by atoms with Crippen LogP contribution in [-0.2, 0) is 9.53 Å². The van der Waals surface area contributed by atoms with Crippen molar-refractivity contribution in [3.05, 3.63) is 35.9 Å². The van der Waals surface area contributed by atoms with Crippen molar-refractivity contribution in [2.24, 2.45) is 0 Å². The third-order valence-electron chi connectivity index (χ3n) is 1.59. The van der Waals surface area contributed by atoms with Gasteiger partial charge in [0.05, 0.1) is 6.61 Å². The summed E-state index contributed by atoms with van der Waals surface area (Å²) in [4.78, 5) is 11.2. The van der Waals surface area contributed by atoms with Gasteiger partial charge in [0.25, 0.3) is 0 Å². The number of hydrogen-bond donors (Lipinski definition) is 0. The van der Waals surface area contributed by atoms with Crippen LogP contribution in [0.5, 0.6) is 0 Å². The molecule has 0 aliphatic carbocycles. The summed E-state index contributed by atoms with van der Waals surface area (Å²) in [6.45, 7) is 2.11. The molecule has 0 fully saturated rings. The normalized spacial score (nSPS) is 12.2. The lowest BCUT2D eigenvalue weighted by Crippen LogP contribution is -2.10. The molecule has 0 saturated heterocycles. The molecular formula is C10H11ClO2. The van der Waals surface area contributed by atoms with E-state index in [4.69, 9.17) is 16.3 Å². The monoisotopic (exact) mass is 198 g/mol. The Bertz CT molecular complexity index is 272. The van der Waals surface area contributed by atoms with Crippen LogP contribution in [0.3, 0.4) is 0 Å². The zero-order valence-corrected chi connectivity index (χ0v) is 8.12. The van der Waals surface area contributed by atoms with Crippen LogP contribution in [0.15, 0.2) is 30.3 Å². The number of ether oxygens (including phenoxy) is 1. The molecule has 0 spiro atoms. The van der Waals surface area contributed by atoms with E-state index in [0.717, 1.165) is 5.56 Å². The maximum Gasteiger partial charge on any atom is 0.328 e. The van der Waals surface area contributed by atoms with Crippen molar-refractivity contribution in [2.75, 3.05) is 6.61 Å². The van der Waals surface area contributed by atoms with Gasteiger partial charge in [-0.15, -0.1) is 11.6 Å². The number of carbonyl (C=O) groups excluding carboxylic acids is 1. The van der Waals surface area contributed by atoms with Crippen molar-refractivity contribution in [1.29, 1.82) is 0 Å². The molecule has 0 bridgehead atoms. The predicted octanol–water partition coefficient (Wildman–Crippen LogP) is 2.53. The van der Waals surface area contributed by atoms with E-state index >= 15 is 0 Å². The number of rotatable bonds is 3. The van der Waals surface area contributed by atoms with Crippen molar-refractivity contribution in [3.8, 4) is 0 Å². The molecule has 1 aromatic carbocycles. The molecule has 0 heterocycles. The lowest BCUT2D eigenvalue weighted by Gasteiger charge is -2.07. The Hall–Kier alpha value is -1.02. The summed E-state index contributed by atoms with van der Waals surface area (Å²) in [5.41, 5.74) is 0.766. The summed E-state index contributed by atoms with van der Waals surface area (Å²) < 4.78 is 4.79. The summed E-state index contributed by atoms with van der Waals surface area (Å²) >= 11 is 5.86. The van der Waals surface area contributed by atoms with Crippen LogP contribution in [0, 0.1) is 0 Å². The maximum absolute atomic E-state index is 11.2. The number of hydrogen-bond acceptors (Lipinski definition) is 2. The highest BCUT2D eigenvalue weighted by Gasteiger charge is 2.17. The maximum atomic E-state index is 11.2. The average Bonchev–Trinajstić information content (AvgIpc) is 2.18. The van der Waals surface area contributed by atoms with Gasteiger partial charge in [-0.05, 0) is 12.5 Å². The largest absolute Gasteiger partial charge is 0.465 e. The first-order valence-corrected chi connectivity index (χ1v) is 4.55. The second kappa shape index (κ2) is 4.87. The highest BCUT2D eigenvalue weighted by molar-refractivity contribution is 6.29. The van der Waals surface area contributed by atoms with Crippen LogP contribution in [-0.4, -0.2) is 12.6 Å². The van der Waals surface area contributed by atoms with Crippen LogP contribution in [0.1, 0.15) is 17.9 Å². The van der Waals surface area contributed by atoms with Crippen LogP contribution >= 0.6 is 11.6 Å². The van der Waals surface area contributed by atoms with E-state index in [-0.39, 0.29) is 0 Å². The summed E-state index contributed by atoms with van der Waals surface area (Å²) in [7, 11) is 0. The zero-order chi connectivity index (χ0) is 9.68. The highest BCUT2D eigenvalue weighted by atomic mass is 35.5. The van der Waals surface area contributed by atoms with Gasteiger partial charge < -0.3 is 4.74 Å². The number of halogens is 1. The summed E-state index contributed by atoms with van der Waals surface area (Å²) in [6.07, 6.45) is 0. The van der Waals surface area contributed by atoms with Gasteiger partial charge in [-0.1, -0.05) is 30.3 Å². The quantitative estimate of drug-likeness (QED) is 0.551. The van der Waals surface area contributed by atoms with Gasteiger partial charge in [0.1, 0.15) is 0 Å². The topological polar surface area (TPSA) is 26.3 Å². The van der Waals surface area contributed by atoms with Gasteiger partial charge in [0, 0.05) is 0 Å². The van der Waals surface area contributed by atoms with E-state index in [0.29, 0.717) is 6.61 Å². The van der Waals surface area contributed by atoms with Crippen molar-refractivity contribution in [3.63, 3.8) is 0 Å². The van der Waals surface area contributed by atoms with E-state index in [1.807, 2.05) is 18.2 Å². The fraction of sp³-hybridized carbons (Fsp3) is 0.300. The Morgan fingerprint density at radius 3 is 2.62 bits per heavy atom. The van der Waals surface area contributed by atoms with Crippen LogP contribution < -0.4 is 0 Å². The molecule has 70 valence electrons. The Balaban J connectivity index is 2.68. The molecule has 3 heteroatoms. The first-order chi connectivity index (χ1) is 6.25. The third-order valence-corrected chi connectivity index (χ3v) is 2.02. The number of carbonyl (C=O) groups is 1. The van der Waals surface area contributed by atoms with Crippen LogP contribution in [0.4, 0.5) is 0 Å². The van der Waals surface area contributed by atoms with E-state index in [2.05, 4.69) is 0 Å². The Kier molecular flexibility index (Phi) is 3.77. The average molecular weight is 199 g/mol. The van der Waals surface area contributed by atoms with E-state index < -0.39 is 11.3 Å². The molecule has 0 aromatic heterocycles. The highest BCUT2D eigenvalue weighted by Crippen LogP contribution is 2.21. The molecule has 1 aromatic rings. The molecular weight excluding hydrogens is 188 g/mol. The van der Waals surface area contributed by atoms with E-state index in [1.165, 1.54) is 0 Å². The molecule has 0 amide bonds. The second-order valence-electron chi connectivity index (χ2n) is 2.53. The molecule has 0 radical (unpaired) electrons. The van der Waals surface area contributed by atoms with Crippen LogP contribution in [0.2, 0.25) is 0 Å². The molecule has 0 aliphatic heterocycles. The molecule has 1 rings (SSSR count). The van der Waals surface area contributed by atoms with Crippen molar-refractivity contribution in [2.45, 2.75) is 12.3 Å². The van der Waals surface area contributed by atoms with Gasteiger partial charge in [-0.3, -0.25) is 4.79 Å². The molecule has 0 saturated carbocycles. The Labute approximate surface area is 82.5 Å². The van der Waals surface area contributed by atoms with E-state index in [9.17, 15) is 4.79 Å². The van der Waals surface area contributed by atoms with Gasteiger partial charge in [-0.25, -0.2) is 0 Å². The van der Waals surface area contributed by atoms with Crippen molar-refractivity contribution >= 4 is 17.6 Å². The zero-order valence-electron chi connectivity index (χ0n) is 7.37. The minimum atomic E-state index is -0.693. The smallest absolute Gasteiger partial charge is 0.328 e. The lowest BCUT2D eigenvalue weighted by atomic mass is 10.1. The van der Waals surface area contributed by atoms with Gasteiger partial charge >= 0.3 is 5.97 Å². The predicted molar refractivity (Wildman–Crippen MR) is 51.7 cm³/mol. The minimum absolute atomic E-state index is 0.356.